The highest BCUT2D eigenvalue weighted by Gasteiger charge is 2.02. The molecule has 90 valence electrons. The number of ether oxygens (including phenoxy) is 1. The van der Waals surface area contributed by atoms with Crippen LogP contribution in [-0.2, 0) is 6.61 Å². The minimum Gasteiger partial charge on any atom is -0.487 e. The van der Waals surface area contributed by atoms with Crippen LogP contribution in [0.3, 0.4) is 0 Å². The van der Waals surface area contributed by atoms with Crippen molar-refractivity contribution in [1.82, 2.24) is 0 Å². The van der Waals surface area contributed by atoms with Crippen molar-refractivity contribution in [3.63, 3.8) is 0 Å². The fraction of sp³-hybridized carbons (Fsp3) is 0.0714. The highest BCUT2D eigenvalue weighted by atomic mass is 35.5. The summed E-state index contributed by atoms with van der Waals surface area (Å²) in [5.41, 5.74) is 7.81. The lowest BCUT2D eigenvalue weighted by molar-refractivity contribution is 0.308. The highest BCUT2D eigenvalue weighted by molar-refractivity contribution is 6.30. The van der Waals surface area contributed by atoms with E-state index < -0.39 is 0 Å². The van der Waals surface area contributed by atoms with Gasteiger partial charge in [-0.05, 0) is 35.9 Å². The Balaban J connectivity index is 2.09. The van der Waals surface area contributed by atoms with Gasteiger partial charge in [0.2, 0.25) is 0 Å². The molecule has 0 saturated carbocycles. The first-order valence-corrected chi connectivity index (χ1v) is 5.73. The maximum absolute atomic E-state index is 8.80. The Bertz CT molecular complexity index is 605. The van der Waals surface area contributed by atoms with Gasteiger partial charge in [-0.1, -0.05) is 23.7 Å². The highest BCUT2D eigenvalue weighted by Crippen LogP contribution is 2.25. The van der Waals surface area contributed by atoms with Gasteiger partial charge in [-0.2, -0.15) is 5.26 Å². The lowest BCUT2D eigenvalue weighted by atomic mass is 10.1. The summed E-state index contributed by atoms with van der Waals surface area (Å²) >= 11 is 5.80. The maximum Gasteiger partial charge on any atom is 0.142 e. The van der Waals surface area contributed by atoms with Crippen molar-refractivity contribution in [2.24, 2.45) is 0 Å². The van der Waals surface area contributed by atoms with Gasteiger partial charge in [-0.15, -0.1) is 0 Å². The quantitative estimate of drug-likeness (QED) is 0.859. The fourth-order valence-corrected chi connectivity index (χ4v) is 1.72. The normalized spacial score (nSPS) is 9.78. The molecule has 0 atom stereocenters. The molecule has 0 radical (unpaired) electrons. The molecule has 18 heavy (non-hydrogen) atoms. The molecular formula is C14H11ClN2O. The molecule has 0 aliphatic rings. The molecule has 0 spiro atoms. The molecule has 0 aliphatic carbocycles. The topological polar surface area (TPSA) is 59.0 Å². The standard InChI is InChI=1S/C14H11ClN2O/c15-12-4-5-14(13(17)7-12)18-9-11-3-1-2-10(6-11)8-16/h1-7H,9,17H2. The first kappa shape index (κ1) is 12.3. The van der Waals surface area contributed by atoms with E-state index in [0.717, 1.165) is 5.56 Å². The van der Waals surface area contributed by atoms with Gasteiger partial charge in [0.05, 0.1) is 17.3 Å². The molecule has 2 aromatic carbocycles. The van der Waals surface area contributed by atoms with Crippen molar-refractivity contribution < 1.29 is 4.74 Å². The molecule has 3 nitrogen and oxygen atoms in total. The van der Waals surface area contributed by atoms with E-state index in [-0.39, 0.29) is 0 Å². The van der Waals surface area contributed by atoms with Crippen LogP contribution in [-0.4, -0.2) is 0 Å². The second-order valence-corrected chi connectivity index (χ2v) is 4.22. The predicted molar refractivity (Wildman–Crippen MR) is 71.4 cm³/mol. The van der Waals surface area contributed by atoms with Crippen molar-refractivity contribution in [3.05, 3.63) is 58.6 Å². The molecule has 4 heteroatoms. The van der Waals surface area contributed by atoms with Crippen LogP contribution < -0.4 is 10.5 Å². The number of halogens is 1. The Kier molecular flexibility index (Phi) is 3.71. The molecule has 2 aromatic rings. The number of hydrogen-bond acceptors (Lipinski definition) is 3. The molecule has 0 saturated heterocycles. The smallest absolute Gasteiger partial charge is 0.142 e. The Morgan fingerprint density at radius 1 is 1.22 bits per heavy atom. The number of rotatable bonds is 3. The van der Waals surface area contributed by atoms with Crippen LogP contribution in [0.2, 0.25) is 5.02 Å². The summed E-state index contributed by atoms with van der Waals surface area (Å²) in [5, 5.41) is 9.37. The molecule has 2 rings (SSSR count). The van der Waals surface area contributed by atoms with E-state index in [0.29, 0.717) is 28.6 Å². The summed E-state index contributed by atoms with van der Waals surface area (Å²) < 4.78 is 5.58. The van der Waals surface area contributed by atoms with Crippen LogP contribution in [0.25, 0.3) is 0 Å². The van der Waals surface area contributed by atoms with Crippen molar-refractivity contribution in [3.8, 4) is 11.8 Å². The second-order valence-electron chi connectivity index (χ2n) is 3.78. The largest absolute Gasteiger partial charge is 0.487 e. The van der Waals surface area contributed by atoms with Gasteiger partial charge in [0.1, 0.15) is 12.4 Å². The van der Waals surface area contributed by atoms with E-state index in [9.17, 15) is 0 Å². The third kappa shape index (κ3) is 2.93. The van der Waals surface area contributed by atoms with Gasteiger partial charge in [0, 0.05) is 5.02 Å². The van der Waals surface area contributed by atoms with E-state index in [2.05, 4.69) is 6.07 Å². The molecule has 0 aromatic heterocycles. The Morgan fingerprint density at radius 3 is 2.78 bits per heavy atom. The van der Waals surface area contributed by atoms with Crippen LogP contribution in [0.15, 0.2) is 42.5 Å². The van der Waals surface area contributed by atoms with Gasteiger partial charge in [0.15, 0.2) is 0 Å². The summed E-state index contributed by atoms with van der Waals surface area (Å²) in [7, 11) is 0. The molecule has 0 unspecified atom stereocenters. The van der Waals surface area contributed by atoms with Crippen LogP contribution in [0.1, 0.15) is 11.1 Å². The van der Waals surface area contributed by atoms with Crippen molar-refractivity contribution in [1.29, 1.82) is 5.26 Å². The first-order valence-electron chi connectivity index (χ1n) is 5.36. The summed E-state index contributed by atoms with van der Waals surface area (Å²) in [6.07, 6.45) is 0. The van der Waals surface area contributed by atoms with E-state index in [4.69, 9.17) is 27.3 Å². The van der Waals surface area contributed by atoms with E-state index in [1.165, 1.54) is 0 Å². The minimum absolute atomic E-state index is 0.362. The van der Waals surface area contributed by atoms with Crippen LogP contribution in [0.5, 0.6) is 5.75 Å². The van der Waals surface area contributed by atoms with E-state index in [1.54, 1.807) is 30.3 Å². The number of hydrogen-bond donors (Lipinski definition) is 1. The van der Waals surface area contributed by atoms with Gasteiger partial charge in [-0.25, -0.2) is 0 Å². The molecule has 2 N–H and O–H groups in total. The number of nitrogens with two attached hydrogens (primary N) is 1. The molecular weight excluding hydrogens is 248 g/mol. The number of anilines is 1. The third-order valence-corrected chi connectivity index (χ3v) is 2.66. The van der Waals surface area contributed by atoms with Crippen LogP contribution in [0.4, 0.5) is 5.69 Å². The van der Waals surface area contributed by atoms with Crippen LogP contribution >= 0.6 is 11.6 Å². The third-order valence-electron chi connectivity index (χ3n) is 2.42. The first-order chi connectivity index (χ1) is 8.69. The fourth-order valence-electron chi connectivity index (χ4n) is 1.54. The lowest BCUT2D eigenvalue weighted by Gasteiger charge is -2.09. The van der Waals surface area contributed by atoms with Gasteiger partial charge < -0.3 is 10.5 Å². The SMILES string of the molecule is N#Cc1cccc(COc2ccc(Cl)cc2N)c1. The summed E-state index contributed by atoms with van der Waals surface area (Å²) in [6, 6.07) is 14.4. The Labute approximate surface area is 110 Å². The van der Waals surface area contributed by atoms with Crippen molar-refractivity contribution in [2.75, 3.05) is 5.73 Å². The molecule has 0 fully saturated rings. The average molecular weight is 259 g/mol. The molecule has 0 heterocycles. The predicted octanol–water partition coefficient (Wildman–Crippen LogP) is 3.37. The lowest BCUT2D eigenvalue weighted by Crippen LogP contribution is -1.98. The number of benzene rings is 2. The second kappa shape index (κ2) is 5.44. The van der Waals surface area contributed by atoms with Crippen molar-refractivity contribution in [2.45, 2.75) is 6.61 Å². The molecule has 0 amide bonds. The van der Waals surface area contributed by atoms with Gasteiger partial charge in [-0.3, -0.25) is 0 Å². The van der Waals surface area contributed by atoms with Crippen LogP contribution in [0, 0.1) is 11.3 Å². The zero-order valence-electron chi connectivity index (χ0n) is 9.56. The number of nitrogens with zero attached hydrogens (tertiary/aromatic N) is 1. The maximum atomic E-state index is 8.80. The van der Waals surface area contributed by atoms with Gasteiger partial charge >= 0.3 is 0 Å². The zero-order chi connectivity index (χ0) is 13.0. The number of nitrogen functional groups attached to an aromatic ring is 1. The Hall–Kier alpha value is -2.18. The summed E-state index contributed by atoms with van der Waals surface area (Å²) in [4.78, 5) is 0. The van der Waals surface area contributed by atoms with E-state index >= 15 is 0 Å². The van der Waals surface area contributed by atoms with E-state index in [1.807, 2.05) is 12.1 Å². The average Bonchev–Trinajstić information content (AvgIpc) is 2.38. The minimum atomic E-state index is 0.362. The monoisotopic (exact) mass is 258 g/mol. The Morgan fingerprint density at radius 2 is 2.06 bits per heavy atom. The summed E-state index contributed by atoms with van der Waals surface area (Å²) in [6.45, 7) is 0.362. The number of nitriles is 1. The molecule has 0 bridgehead atoms. The summed E-state index contributed by atoms with van der Waals surface area (Å²) in [5.74, 6) is 0.585. The molecule has 0 aliphatic heterocycles. The van der Waals surface area contributed by atoms with Gasteiger partial charge in [0.25, 0.3) is 0 Å². The van der Waals surface area contributed by atoms with Crippen molar-refractivity contribution >= 4 is 17.3 Å². The zero-order valence-corrected chi connectivity index (χ0v) is 10.3.